The number of amides is 1. The molecule has 0 atom stereocenters. The second-order valence-corrected chi connectivity index (χ2v) is 6.15. The monoisotopic (exact) mass is 386 g/mol. The van der Waals surface area contributed by atoms with Crippen molar-refractivity contribution in [1.82, 2.24) is 9.97 Å². The Bertz CT molecular complexity index is 998. The smallest absolute Gasteiger partial charge is 0.324 e. The molecular weight excluding hydrogens is 369 g/mol. The summed E-state index contributed by atoms with van der Waals surface area (Å²) in [5, 5.41) is 5.32. The van der Waals surface area contributed by atoms with E-state index in [-0.39, 0.29) is 17.3 Å². The second-order valence-electron chi connectivity index (χ2n) is 6.15. The lowest BCUT2D eigenvalue weighted by Gasteiger charge is -2.14. The molecule has 2 aromatic carbocycles. The van der Waals surface area contributed by atoms with Gasteiger partial charge >= 0.3 is 6.18 Å². The highest BCUT2D eigenvalue weighted by molar-refractivity contribution is 6.03. The number of rotatable bonds is 4. The number of carbonyl (C=O) groups is 1. The summed E-state index contributed by atoms with van der Waals surface area (Å²) < 4.78 is 39.3. The predicted octanol–water partition coefficient (Wildman–Crippen LogP) is 5.11. The Morgan fingerprint density at radius 3 is 2.32 bits per heavy atom. The van der Waals surface area contributed by atoms with E-state index >= 15 is 0 Å². The van der Waals surface area contributed by atoms with Gasteiger partial charge in [-0.25, -0.2) is 9.97 Å². The molecule has 8 heteroatoms. The van der Waals surface area contributed by atoms with Crippen LogP contribution in [-0.4, -0.2) is 15.9 Å². The van der Waals surface area contributed by atoms with E-state index in [1.165, 1.54) is 30.5 Å². The number of hydrogen-bond donors (Lipinski definition) is 2. The summed E-state index contributed by atoms with van der Waals surface area (Å²) in [5.41, 5.74) is 1.44. The van der Waals surface area contributed by atoms with Gasteiger partial charge in [-0.2, -0.15) is 13.2 Å². The molecule has 0 saturated carbocycles. The summed E-state index contributed by atoms with van der Waals surface area (Å²) in [4.78, 5) is 20.6. The molecule has 0 radical (unpaired) electrons. The van der Waals surface area contributed by atoms with Crippen molar-refractivity contribution in [2.24, 2.45) is 0 Å². The molecule has 0 fully saturated rings. The molecule has 144 valence electrons. The first-order chi connectivity index (χ1) is 13.3. The Morgan fingerprint density at radius 2 is 1.64 bits per heavy atom. The minimum Gasteiger partial charge on any atom is -0.324 e. The highest BCUT2D eigenvalue weighted by Gasteiger charge is 2.33. The first-order valence-corrected chi connectivity index (χ1v) is 8.39. The third-order valence-electron chi connectivity index (χ3n) is 4.09. The minimum absolute atomic E-state index is 0.0549. The van der Waals surface area contributed by atoms with E-state index in [1.807, 2.05) is 32.0 Å². The summed E-state index contributed by atoms with van der Waals surface area (Å²) in [6, 6.07) is 11.9. The van der Waals surface area contributed by atoms with Crippen molar-refractivity contribution in [3.05, 3.63) is 77.1 Å². The number of nitrogens with zero attached hydrogens (tertiary/aromatic N) is 2. The van der Waals surface area contributed by atoms with E-state index in [0.717, 1.165) is 22.9 Å². The van der Waals surface area contributed by atoms with Crippen LogP contribution < -0.4 is 10.6 Å². The number of alkyl halides is 3. The molecule has 1 aromatic heterocycles. The number of aromatic nitrogens is 2. The molecule has 0 spiro atoms. The molecule has 1 heterocycles. The number of nitrogens with one attached hydrogen (secondary N) is 2. The average Bonchev–Trinajstić information content (AvgIpc) is 2.65. The summed E-state index contributed by atoms with van der Waals surface area (Å²) in [6.45, 7) is 3.83. The average molecular weight is 386 g/mol. The van der Waals surface area contributed by atoms with Crippen LogP contribution in [0.5, 0.6) is 0 Å². The van der Waals surface area contributed by atoms with Crippen molar-refractivity contribution in [2.45, 2.75) is 20.0 Å². The molecule has 0 aliphatic rings. The van der Waals surface area contributed by atoms with Crippen molar-refractivity contribution in [3.63, 3.8) is 0 Å². The second kappa shape index (κ2) is 7.67. The van der Waals surface area contributed by atoms with Crippen LogP contribution in [0.15, 0.2) is 54.7 Å². The molecule has 0 bridgehead atoms. The van der Waals surface area contributed by atoms with Crippen molar-refractivity contribution >= 4 is 23.2 Å². The number of anilines is 3. The summed E-state index contributed by atoms with van der Waals surface area (Å²) in [5.74, 6) is -0.585. The molecule has 3 aromatic rings. The Balaban J connectivity index is 1.84. The van der Waals surface area contributed by atoms with Crippen molar-refractivity contribution < 1.29 is 18.0 Å². The van der Waals surface area contributed by atoms with Gasteiger partial charge in [0, 0.05) is 11.9 Å². The highest BCUT2D eigenvalue weighted by Crippen LogP contribution is 2.34. The number of para-hydroxylation sites is 2. The van der Waals surface area contributed by atoms with Crippen LogP contribution in [0.25, 0.3) is 0 Å². The SMILES string of the molecule is Cc1cccc(C)c1Nc1nccc(C(=O)Nc2ccccc2C(F)(F)F)n1. The van der Waals surface area contributed by atoms with E-state index < -0.39 is 17.6 Å². The van der Waals surface area contributed by atoms with Crippen molar-refractivity contribution in [2.75, 3.05) is 10.6 Å². The maximum absolute atomic E-state index is 13.1. The van der Waals surface area contributed by atoms with Gasteiger partial charge in [0.25, 0.3) is 5.91 Å². The zero-order chi connectivity index (χ0) is 20.3. The van der Waals surface area contributed by atoms with E-state index in [9.17, 15) is 18.0 Å². The first-order valence-electron chi connectivity index (χ1n) is 8.39. The molecule has 2 N–H and O–H groups in total. The van der Waals surface area contributed by atoms with Crippen LogP contribution in [0.4, 0.5) is 30.5 Å². The third-order valence-corrected chi connectivity index (χ3v) is 4.09. The van der Waals surface area contributed by atoms with Gasteiger partial charge in [-0.05, 0) is 43.2 Å². The number of carbonyl (C=O) groups excluding carboxylic acids is 1. The van der Waals surface area contributed by atoms with Gasteiger partial charge in [-0.15, -0.1) is 0 Å². The minimum atomic E-state index is -4.58. The fraction of sp³-hybridized carbons (Fsp3) is 0.150. The Labute approximate surface area is 159 Å². The van der Waals surface area contributed by atoms with Gasteiger partial charge in [0.05, 0.1) is 11.3 Å². The Kier molecular flexibility index (Phi) is 5.30. The Hall–Kier alpha value is -3.42. The Morgan fingerprint density at radius 1 is 0.964 bits per heavy atom. The van der Waals surface area contributed by atoms with Crippen LogP contribution in [-0.2, 0) is 6.18 Å². The molecule has 28 heavy (non-hydrogen) atoms. The van der Waals surface area contributed by atoms with Gasteiger partial charge in [-0.3, -0.25) is 4.79 Å². The lowest BCUT2D eigenvalue weighted by molar-refractivity contribution is -0.136. The topological polar surface area (TPSA) is 66.9 Å². The fourth-order valence-electron chi connectivity index (χ4n) is 2.69. The maximum atomic E-state index is 13.1. The van der Waals surface area contributed by atoms with Gasteiger partial charge in [0.15, 0.2) is 0 Å². The van der Waals surface area contributed by atoms with Gasteiger partial charge < -0.3 is 10.6 Å². The van der Waals surface area contributed by atoms with Crippen LogP contribution in [0.3, 0.4) is 0 Å². The quantitative estimate of drug-likeness (QED) is 0.654. The first kappa shape index (κ1) is 19.3. The van der Waals surface area contributed by atoms with Gasteiger partial charge in [0.1, 0.15) is 5.69 Å². The lowest BCUT2D eigenvalue weighted by Crippen LogP contribution is -2.18. The molecule has 5 nitrogen and oxygen atoms in total. The maximum Gasteiger partial charge on any atom is 0.418 e. The number of benzene rings is 2. The third kappa shape index (κ3) is 4.28. The van der Waals surface area contributed by atoms with E-state index in [2.05, 4.69) is 20.6 Å². The standard InChI is InChI=1S/C20H17F3N4O/c1-12-6-5-7-13(2)17(12)27-19-24-11-10-16(26-19)18(28)25-15-9-4-3-8-14(15)20(21,22)23/h3-11H,1-2H3,(H,25,28)(H,24,26,27). The van der Waals surface area contributed by atoms with Crippen LogP contribution in [0.2, 0.25) is 0 Å². The zero-order valence-electron chi connectivity index (χ0n) is 15.1. The molecule has 0 aliphatic heterocycles. The molecule has 3 rings (SSSR count). The van der Waals surface area contributed by atoms with Crippen molar-refractivity contribution in [1.29, 1.82) is 0 Å². The van der Waals surface area contributed by atoms with Gasteiger partial charge in [0.2, 0.25) is 5.95 Å². The number of hydrogen-bond acceptors (Lipinski definition) is 4. The highest BCUT2D eigenvalue weighted by atomic mass is 19.4. The van der Waals surface area contributed by atoms with Crippen LogP contribution in [0.1, 0.15) is 27.2 Å². The summed E-state index contributed by atoms with van der Waals surface area (Å²) in [7, 11) is 0. The molecule has 1 amide bonds. The molecule has 0 aliphatic carbocycles. The summed E-state index contributed by atoms with van der Waals surface area (Å²) in [6.07, 6.45) is -3.21. The van der Waals surface area contributed by atoms with Gasteiger partial charge in [-0.1, -0.05) is 30.3 Å². The number of halogens is 3. The van der Waals surface area contributed by atoms with E-state index in [0.29, 0.717) is 0 Å². The van der Waals surface area contributed by atoms with E-state index in [4.69, 9.17) is 0 Å². The normalized spacial score (nSPS) is 11.2. The van der Waals surface area contributed by atoms with Crippen LogP contribution >= 0.6 is 0 Å². The molecule has 0 saturated heterocycles. The van der Waals surface area contributed by atoms with Crippen molar-refractivity contribution in [3.8, 4) is 0 Å². The fourth-order valence-corrected chi connectivity index (χ4v) is 2.69. The zero-order valence-corrected chi connectivity index (χ0v) is 15.1. The summed E-state index contributed by atoms with van der Waals surface area (Å²) >= 11 is 0. The molecule has 0 unspecified atom stereocenters. The lowest BCUT2D eigenvalue weighted by atomic mass is 10.1. The molecular formula is C20H17F3N4O. The van der Waals surface area contributed by atoms with E-state index in [1.54, 1.807) is 0 Å². The number of aryl methyl sites for hydroxylation is 2. The largest absolute Gasteiger partial charge is 0.418 e. The van der Waals surface area contributed by atoms with Crippen LogP contribution in [0, 0.1) is 13.8 Å². The predicted molar refractivity (Wildman–Crippen MR) is 101 cm³/mol.